The van der Waals surface area contributed by atoms with E-state index in [1.54, 1.807) is 0 Å². The molecule has 0 amide bonds. The lowest BCUT2D eigenvalue weighted by Gasteiger charge is -2.29. The van der Waals surface area contributed by atoms with E-state index in [0.717, 1.165) is 23.9 Å². The molecule has 1 aromatic rings. The number of nitrogens with zero attached hydrogens (tertiary/aromatic N) is 4. The average molecular weight is 280 g/mol. The second-order valence-corrected chi connectivity index (χ2v) is 6.47. The standard InChI is InChI=1S/C14H24N4S/c1-3-17-13(12-4-5-12)15-18(14(17)19)10-16-8-6-11(2)7-9-16/h11-12H,3-10H2,1-2H3. The highest BCUT2D eigenvalue weighted by atomic mass is 32.1. The molecule has 0 radical (unpaired) electrons. The molecule has 19 heavy (non-hydrogen) atoms. The van der Waals surface area contributed by atoms with Crippen molar-refractivity contribution in [3.05, 3.63) is 10.6 Å². The van der Waals surface area contributed by atoms with Gasteiger partial charge >= 0.3 is 0 Å². The Hall–Kier alpha value is -0.680. The molecule has 0 N–H and O–H groups in total. The zero-order valence-corrected chi connectivity index (χ0v) is 12.8. The monoisotopic (exact) mass is 280 g/mol. The van der Waals surface area contributed by atoms with Crippen LogP contribution in [0.3, 0.4) is 0 Å². The Bertz CT molecular complexity index is 492. The van der Waals surface area contributed by atoms with Gasteiger partial charge in [0.25, 0.3) is 0 Å². The fourth-order valence-electron chi connectivity index (χ4n) is 2.88. The third-order valence-corrected chi connectivity index (χ3v) is 4.85. The zero-order valence-electron chi connectivity index (χ0n) is 12.0. The average Bonchev–Trinajstić information content (AvgIpc) is 3.19. The quantitative estimate of drug-likeness (QED) is 0.793. The maximum Gasteiger partial charge on any atom is 0.199 e. The largest absolute Gasteiger partial charge is 0.304 e. The van der Waals surface area contributed by atoms with Crippen LogP contribution in [0, 0.1) is 10.7 Å². The normalized spacial score (nSPS) is 22.0. The van der Waals surface area contributed by atoms with E-state index >= 15 is 0 Å². The third-order valence-electron chi connectivity index (χ3n) is 4.42. The molecular formula is C14H24N4S. The van der Waals surface area contributed by atoms with E-state index in [4.69, 9.17) is 17.3 Å². The number of likely N-dealkylation sites (tertiary alicyclic amines) is 1. The fourth-order valence-corrected chi connectivity index (χ4v) is 3.20. The molecule has 0 atom stereocenters. The Morgan fingerprint density at radius 3 is 2.47 bits per heavy atom. The topological polar surface area (TPSA) is 26.0 Å². The van der Waals surface area contributed by atoms with Crippen molar-refractivity contribution < 1.29 is 0 Å². The van der Waals surface area contributed by atoms with Crippen LogP contribution in [0.5, 0.6) is 0 Å². The van der Waals surface area contributed by atoms with Crippen molar-refractivity contribution in [3.8, 4) is 0 Å². The van der Waals surface area contributed by atoms with Crippen molar-refractivity contribution in [2.75, 3.05) is 13.1 Å². The highest BCUT2D eigenvalue weighted by Gasteiger charge is 2.30. The number of aromatic nitrogens is 3. The molecule has 5 heteroatoms. The first kappa shape index (κ1) is 13.3. The van der Waals surface area contributed by atoms with E-state index in [9.17, 15) is 0 Å². The van der Waals surface area contributed by atoms with E-state index in [-0.39, 0.29) is 0 Å². The molecule has 1 saturated heterocycles. The molecule has 1 aliphatic carbocycles. The SMILES string of the molecule is CCn1c(C2CC2)nn(CN2CCC(C)CC2)c1=S. The number of hydrogen-bond acceptors (Lipinski definition) is 3. The van der Waals surface area contributed by atoms with Gasteiger partial charge in [-0.15, -0.1) is 0 Å². The summed E-state index contributed by atoms with van der Waals surface area (Å²) in [6.45, 7) is 8.69. The molecule has 0 spiro atoms. The van der Waals surface area contributed by atoms with Crippen LogP contribution in [0.25, 0.3) is 0 Å². The summed E-state index contributed by atoms with van der Waals surface area (Å²) < 4.78 is 5.17. The van der Waals surface area contributed by atoms with E-state index in [0.29, 0.717) is 5.92 Å². The summed E-state index contributed by atoms with van der Waals surface area (Å²) in [5.74, 6) is 2.77. The van der Waals surface area contributed by atoms with Crippen molar-refractivity contribution in [1.29, 1.82) is 0 Å². The minimum atomic E-state index is 0.671. The summed E-state index contributed by atoms with van der Waals surface area (Å²) in [4.78, 5) is 2.49. The molecule has 0 unspecified atom stereocenters. The van der Waals surface area contributed by atoms with Gasteiger partial charge in [0, 0.05) is 25.6 Å². The lowest BCUT2D eigenvalue weighted by molar-refractivity contribution is 0.145. The van der Waals surface area contributed by atoms with Gasteiger partial charge < -0.3 is 4.57 Å². The van der Waals surface area contributed by atoms with E-state index in [1.165, 1.54) is 44.6 Å². The van der Waals surface area contributed by atoms with E-state index in [1.807, 2.05) is 4.68 Å². The summed E-state index contributed by atoms with van der Waals surface area (Å²) in [6, 6.07) is 0. The van der Waals surface area contributed by atoms with Crippen LogP contribution >= 0.6 is 12.2 Å². The van der Waals surface area contributed by atoms with Crippen LogP contribution in [-0.2, 0) is 13.2 Å². The summed E-state index contributed by atoms with van der Waals surface area (Å²) in [7, 11) is 0. The van der Waals surface area contributed by atoms with Crippen LogP contribution in [-0.4, -0.2) is 32.3 Å². The van der Waals surface area contributed by atoms with Crippen molar-refractivity contribution >= 4 is 12.2 Å². The van der Waals surface area contributed by atoms with E-state index < -0.39 is 0 Å². The van der Waals surface area contributed by atoms with Crippen molar-refractivity contribution in [1.82, 2.24) is 19.2 Å². The molecule has 106 valence electrons. The first-order valence-electron chi connectivity index (χ1n) is 7.59. The Kier molecular flexibility index (Phi) is 3.76. The zero-order chi connectivity index (χ0) is 13.4. The van der Waals surface area contributed by atoms with Gasteiger partial charge in [-0.2, -0.15) is 5.10 Å². The fraction of sp³-hybridized carbons (Fsp3) is 0.857. The number of hydrogen-bond donors (Lipinski definition) is 0. The lowest BCUT2D eigenvalue weighted by atomic mass is 10.00. The van der Waals surface area contributed by atoms with Gasteiger partial charge in [-0.3, -0.25) is 4.90 Å². The van der Waals surface area contributed by atoms with Gasteiger partial charge in [-0.05, 0) is 50.7 Å². The number of rotatable bonds is 4. The Labute approximate surface area is 120 Å². The molecule has 1 saturated carbocycles. The lowest BCUT2D eigenvalue weighted by Crippen LogP contribution is -2.34. The first-order valence-corrected chi connectivity index (χ1v) is 7.99. The second kappa shape index (κ2) is 5.37. The smallest absolute Gasteiger partial charge is 0.199 e. The summed E-state index contributed by atoms with van der Waals surface area (Å²) in [5, 5.41) is 4.79. The molecule has 2 heterocycles. The number of piperidine rings is 1. The molecule has 0 bridgehead atoms. The first-order chi connectivity index (χ1) is 9.19. The Morgan fingerprint density at radius 2 is 1.89 bits per heavy atom. The molecular weight excluding hydrogens is 256 g/mol. The molecule has 4 nitrogen and oxygen atoms in total. The van der Waals surface area contributed by atoms with Crippen LogP contribution in [0.1, 0.15) is 51.3 Å². The van der Waals surface area contributed by atoms with E-state index in [2.05, 4.69) is 23.3 Å². The van der Waals surface area contributed by atoms with Crippen LogP contribution in [0.2, 0.25) is 0 Å². The Morgan fingerprint density at radius 1 is 1.21 bits per heavy atom. The van der Waals surface area contributed by atoms with Crippen molar-refractivity contribution in [2.24, 2.45) is 5.92 Å². The molecule has 2 fully saturated rings. The predicted molar refractivity (Wildman–Crippen MR) is 78.7 cm³/mol. The van der Waals surface area contributed by atoms with Crippen LogP contribution in [0.15, 0.2) is 0 Å². The molecule has 0 aromatic carbocycles. The predicted octanol–water partition coefficient (Wildman–Crippen LogP) is 3.00. The van der Waals surface area contributed by atoms with Gasteiger partial charge in [-0.25, -0.2) is 4.68 Å². The van der Waals surface area contributed by atoms with Crippen LogP contribution in [0.4, 0.5) is 0 Å². The van der Waals surface area contributed by atoms with Crippen molar-refractivity contribution in [3.63, 3.8) is 0 Å². The molecule has 1 aliphatic heterocycles. The Balaban J connectivity index is 1.75. The summed E-state index contributed by atoms with van der Waals surface area (Å²) >= 11 is 5.59. The highest BCUT2D eigenvalue weighted by Crippen LogP contribution is 2.39. The summed E-state index contributed by atoms with van der Waals surface area (Å²) in [6.07, 6.45) is 5.18. The van der Waals surface area contributed by atoms with Crippen molar-refractivity contribution in [2.45, 2.75) is 58.7 Å². The third kappa shape index (κ3) is 2.77. The molecule has 1 aromatic heterocycles. The van der Waals surface area contributed by atoms with Crippen LogP contribution < -0.4 is 0 Å². The molecule has 2 aliphatic rings. The second-order valence-electron chi connectivity index (χ2n) is 6.10. The summed E-state index contributed by atoms with van der Waals surface area (Å²) in [5.41, 5.74) is 0. The maximum atomic E-state index is 5.59. The van der Waals surface area contributed by atoms with Gasteiger partial charge in [0.15, 0.2) is 4.77 Å². The van der Waals surface area contributed by atoms with Gasteiger partial charge in [0.2, 0.25) is 0 Å². The van der Waals surface area contributed by atoms with Gasteiger partial charge in [0.1, 0.15) is 5.82 Å². The van der Waals surface area contributed by atoms with Gasteiger partial charge in [-0.1, -0.05) is 6.92 Å². The minimum Gasteiger partial charge on any atom is -0.304 e. The minimum absolute atomic E-state index is 0.671. The molecule has 3 rings (SSSR count). The highest BCUT2D eigenvalue weighted by molar-refractivity contribution is 7.71. The maximum absolute atomic E-state index is 5.59. The van der Waals surface area contributed by atoms with Gasteiger partial charge in [0.05, 0.1) is 6.67 Å².